The minimum atomic E-state index is -0.799. The summed E-state index contributed by atoms with van der Waals surface area (Å²) < 4.78 is 11.4. The van der Waals surface area contributed by atoms with Gasteiger partial charge < -0.3 is 14.6 Å². The molecule has 1 aromatic heterocycles. The fraction of sp³-hybridized carbons (Fsp3) is 0.103. The van der Waals surface area contributed by atoms with Crippen LogP contribution in [0.2, 0.25) is 5.02 Å². The summed E-state index contributed by atoms with van der Waals surface area (Å²) in [6.45, 7) is 2.20. The molecule has 1 aliphatic rings. The molecule has 1 N–H and O–H groups in total. The molecular formula is C29H22ClNO5S. The number of nitrogens with zero attached hydrogens (tertiary/aromatic N) is 1. The number of aliphatic hydroxyl groups excluding tert-OH is 1. The number of anilines is 1. The zero-order chi connectivity index (χ0) is 25.9. The standard InChI is InChI=1S/C29H22ClNO5S/c1-2-35-23-17-18(10-15-22(23)30)27(32)25-26(24-9-6-16-37-24)31(29(34)28(25)33)19-11-13-21(14-12-19)36-20-7-4-3-5-8-20/h3-17,26,32H,2H2,1H3/b27-25-. The summed E-state index contributed by atoms with van der Waals surface area (Å²) in [4.78, 5) is 28.8. The van der Waals surface area contributed by atoms with Gasteiger partial charge >= 0.3 is 0 Å². The molecule has 3 aromatic carbocycles. The minimum absolute atomic E-state index is 0.00170. The lowest BCUT2D eigenvalue weighted by atomic mass is 9.99. The molecule has 8 heteroatoms. The largest absolute Gasteiger partial charge is 0.507 e. The molecule has 0 bridgehead atoms. The molecule has 0 radical (unpaired) electrons. The van der Waals surface area contributed by atoms with E-state index in [-0.39, 0.29) is 11.3 Å². The Morgan fingerprint density at radius 2 is 1.70 bits per heavy atom. The van der Waals surface area contributed by atoms with Crippen molar-refractivity contribution in [3.63, 3.8) is 0 Å². The van der Waals surface area contributed by atoms with Crippen LogP contribution in [0.15, 0.2) is 95.9 Å². The van der Waals surface area contributed by atoms with Gasteiger partial charge in [-0.2, -0.15) is 0 Å². The number of para-hydroxylation sites is 1. The van der Waals surface area contributed by atoms with Crippen molar-refractivity contribution in [3.8, 4) is 17.2 Å². The number of hydrogen-bond acceptors (Lipinski definition) is 6. The van der Waals surface area contributed by atoms with Gasteiger partial charge in [-0.05, 0) is 73.0 Å². The maximum Gasteiger partial charge on any atom is 0.300 e. The highest BCUT2D eigenvalue weighted by Crippen LogP contribution is 2.44. The number of thiophene rings is 1. The molecule has 37 heavy (non-hydrogen) atoms. The molecule has 1 atom stereocenters. The van der Waals surface area contributed by atoms with Crippen LogP contribution in [0.5, 0.6) is 17.2 Å². The number of ketones is 1. The molecule has 186 valence electrons. The van der Waals surface area contributed by atoms with Gasteiger partial charge in [0, 0.05) is 16.1 Å². The van der Waals surface area contributed by atoms with Gasteiger partial charge in [0.15, 0.2) is 0 Å². The number of aliphatic hydroxyl groups is 1. The highest BCUT2D eigenvalue weighted by atomic mass is 35.5. The lowest BCUT2D eigenvalue weighted by molar-refractivity contribution is -0.132. The molecule has 1 saturated heterocycles. The predicted octanol–water partition coefficient (Wildman–Crippen LogP) is 7.22. The summed E-state index contributed by atoms with van der Waals surface area (Å²) in [7, 11) is 0. The van der Waals surface area contributed by atoms with Crippen molar-refractivity contribution in [1.29, 1.82) is 0 Å². The highest BCUT2D eigenvalue weighted by Gasteiger charge is 2.47. The first kappa shape index (κ1) is 24.6. The lowest BCUT2D eigenvalue weighted by Gasteiger charge is -2.24. The average Bonchev–Trinajstić information content (AvgIpc) is 3.53. The van der Waals surface area contributed by atoms with Gasteiger partial charge in [0.25, 0.3) is 11.7 Å². The second kappa shape index (κ2) is 10.5. The van der Waals surface area contributed by atoms with Crippen molar-refractivity contribution < 1.29 is 24.2 Å². The van der Waals surface area contributed by atoms with E-state index in [0.29, 0.717) is 40.1 Å². The van der Waals surface area contributed by atoms with E-state index in [2.05, 4.69) is 0 Å². The smallest absolute Gasteiger partial charge is 0.300 e. The predicted molar refractivity (Wildman–Crippen MR) is 145 cm³/mol. The van der Waals surface area contributed by atoms with Crippen LogP contribution in [0.25, 0.3) is 5.76 Å². The molecule has 4 aromatic rings. The Morgan fingerprint density at radius 3 is 2.38 bits per heavy atom. The van der Waals surface area contributed by atoms with Crippen LogP contribution in [0, 0.1) is 0 Å². The normalized spacial score (nSPS) is 16.7. The van der Waals surface area contributed by atoms with E-state index in [1.165, 1.54) is 16.2 Å². The van der Waals surface area contributed by atoms with Crippen LogP contribution in [0.1, 0.15) is 23.4 Å². The second-order valence-electron chi connectivity index (χ2n) is 8.17. The van der Waals surface area contributed by atoms with Crippen molar-refractivity contribution in [3.05, 3.63) is 111 Å². The molecular weight excluding hydrogens is 510 g/mol. The van der Waals surface area contributed by atoms with Crippen LogP contribution < -0.4 is 14.4 Å². The van der Waals surface area contributed by atoms with Crippen molar-refractivity contribution in [1.82, 2.24) is 0 Å². The van der Waals surface area contributed by atoms with Gasteiger partial charge in [0.2, 0.25) is 0 Å². The molecule has 1 aliphatic heterocycles. The number of amides is 1. The molecule has 5 rings (SSSR count). The van der Waals surface area contributed by atoms with E-state index in [0.717, 1.165) is 4.88 Å². The van der Waals surface area contributed by atoms with Gasteiger partial charge in [-0.25, -0.2) is 0 Å². The van der Waals surface area contributed by atoms with E-state index in [1.54, 1.807) is 42.5 Å². The van der Waals surface area contributed by atoms with E-state index in [4.69, 9.17) is 21.1 Å². The minimum Gasteiger partial charge on any atom is -0.507 e. The summed E-state index contributed by atoms with van der Waals surface area (Å²) in [5, 5.41) is 13.5. The molecule has 0 spiro atoms. The quantitative estimate of drug-likeness (QED) is 0.155. The van der Waals surface area contributed by atoms with Gasteiger partial charge in [0.1, 0.15) is 29.0 Å². The fourth-order valence-corrected chi connectivity index (χ4v) is 5.18. The van der Waals surface area contributed by atoms with Crippen LogP contribution in [0.3, 0.4) is 0 Å². The number of benzene rings is 3. The Hall–Kier alpha value is -4.07. The molecule has 2 heterocycles. The molecule has 6 nitrogen and oxygen atoms in total. The fourth-order valence-electron chi connectivity index (χ4n) is 4.19. The zero-order valence-corrected chi connectivity index (χ0v) is 21.3. The molecule has 0 aliphatic carbocycles. The first-order valence-corrected chi connectivity index (χ1v) is 12.8. The van der Waals surface area contributed by atoms with E-state index in [9.17, 15) is 14.7 Å². The van der Waals surface area contributed by atoms with E-state index >= 15 is 0 Å². The lowest BCUT2D eigenvalue weighted by Crippen LogP contribution is -2.29. The van der Waals surface area contributed by atoms with Gasteiger partial charge in [-0.1, -0.05) is 35.9 Å². The van der Waals surface area contributed by atoms with Crippen molar-refractivity contribution >= 4 is 46.1 Å². The SMILES string of the molecule is CCOc1cc(/C(O)=C2/C(=O)C(=O)N(c3ccc(Oc4ccccc4)cc3)C2c2cccs2)ccc1Cl. The monoisotopic (exact) mass is 531 g/mol. The Morgan fingerprint density at radius 1 is 0.973 bits per heavy atom. The number of carbonyl (C=O) groups is 2. The van der Waals surface area contributed by atoms with Crippen LogP contribution >= 0.6 is 22.9 Å². The summed E-state index contributed by atoms with van der Waals surface area (Å²) in [5.41, 5.74) is 0.840. The summed E-state index contributed by atoms with van der Waals surface area (Å²) >= 11 is 7.60. The zero-order valence-electron chi connectivity index (χ0n) is 19.8. The second-order valence-corrected chi connectivity index (χ2v) is 9.56. The van der Waals surface area contributed by atoms with Crippen molar-refractivity contribution in [2.24, 2.45) is 0 Å². The number of halogens is 1. The molecule has 0 saturated carbocycles. The highest BCUT2D eigenvalue weighted by molar-refractivity contribution is 7.10. The van der Waals surface area contributed by atoms with Gasteiger partial charge in [-0.3, -0.25) is 14.5 Å². The Kier molecular flexibility index (Phi) is 6.99. The maximum absolute atomic E-state index is 13.3. The van der Waals surface area contributed by atoms with Gasteiger partial charge in [-0.15, -0.1) is 11.3 Å². The van der Waals surface area contributed by atoms with Crippen LogP contribution in [0.4, 0.5) is 5.69 Å². The third-order valence-corrected chi connectivity index (χ3v) is 7.09. The van der Waals surface area contributed by atoms with Crippen molar-refractivity contribution in [2.45, 2.75) is 13.0 Å². The molecule has 1 amide bonds. The Balaban J connectivity index is 1.56. The summed E-state index contributed by atoms with van der Waals surface area (Å²) in [5.74, 6) is -0.137. The van der Waals surface area contributed by atoms with Gasteiger partial charge in [0.05, 0.1) is 17.2 Å². The number of ether oxygens (including phenoxy) is 2. The summed E-state index contributed by atoms with van der Waals surface area (Å²) in [6, 6.07) is 23.9. The first-order chi connectivity index (χ1) is 18.0. The number of rotatable bonds is 7. The van der Waals surface area contributed by atoms with Crippen molar-refractivity contribution in [2.75, 3.05) is 11.5 Å². The first-order valence-electron chi connectivity index (χ1n) is 11.6. The molecule has 1 unspecified atom stereocenters. The summed E-state index contributed by atoms with van der Waals surface area (Å²) in [6.07, 6.45) is 0. The molecule has 1 fully saturated rings. The topological polar surface area (TPSA) is 76.1 Å². The Labute approximate surface area is 223 Å². The van der Waals surface area contributed by atoms with Crippen LogP contribution in [-0.4, -0.2) is 23.4 Å². The third-order valence-electron chi connectivity index (χ3n) is 5.86. The number of hydrogen-bond donors (Lipinski definition) is 1. The Bertz CT molecular complexity index is 1470. The third kappa shape index (κ3) is 4.83. The van der Waals surface area contributed by atoms with Crippen LogP contribution in [-0.2, 0) is 9.59 Å². The average molecular weight is 532 g/mol. The maximum atomic E-state index is 13.3. The van der Waals surface area contributed by atoms with E-state index < -0.39 is 17.7 Å². The number of Topliss-reactive ketones (excluding diaryl/α,β-unsaturated/α-hetero) is 1. The van der Waals surface area contributed by atoms with E-state index in [1.807, 2.05) is 54.8 Å². The number of carbonyl (C=O) groups excluding carboxylic acids is 2.